The molecule has 0 aliphatic carbocycles. The molecule has 1 amide bonds. The molecule has 1 unspecified atom stereocenters. The van der Waals surface area contributed by atoms with Crippen LogP contribution in [0.1, 0.15) is 19.3 Å². The molecule has 0 saturated carbocycles. The van der Waals surface area contributed by atoms with Crippen LogP contribution in [0.2, 0.25) is 0 Å². The molecule has 1 saturated heterocycles. The third-order valence-electron chi connectivity index (χ3n) is 3.10. The number of benzene rings is 1. The quantitative estimate of drug-likeness (QED) is 0.816. The first kappa shape index (κ1) is 17.3. The molecule has 4 nitrogen and oxygen atoms in total. The molecule has 0 radical (unpaired) electrons. The molecule has 2 rings (SSSR count). The fourth-order valence-electron chi connectivity index (χ4n) is 2.07. The van der Waals surface area contributed by atoms with Gasteiger partial charge in [0.25, 0.3) is 0 Å². The van der Waals surface area contributed by atoms with E-state index in [4.69, 9.17) is 4.74 Å². The number of nitrogens with one attached hydrogen (secondary N) is 2. The highest BCUT2D eigenvalue weighted by atomic mass is 79.9. The number of hydrogen-bond donors (Lipinski definition) is 2. The first-order valence-electron chi connectivity index (χ1n) is 6.62. The molecule has 1 aromatic carbocycles. The molecule has 0 spiro atoms. The maximum absolute atomic E-state index is 11.6. The van der Waals surface area contributed by atoms with Crippen molar-refractivity contribution in [2.45, 2.75) is 25.3 Å². The van der Waals surface area contributed by atoms with Gasteiger partial charge < -0.3 is 15.4 Å². The SMILES string of the molecule is Cl.O=C(CCOc1cccc(Br)c1)NCC1CCCN1. The fraction of sp³-hybridized carbons (Fsp3) is 0.500. The van der Waals surface area contributed by atoms with Crippen LogP contribution in [0, 0.1) is 0 Å². The van der Waals surface area contributed by atoms with Crippen LogP contribution in [0.3, 0.4) is 0 Å². The van der Waals surface area contributed by atoms with Crippen LogP contribution in [-0.2, 0) is 4.79 Å². The Kier molecular flexibility index (Phi) is 7.95. The number of carbonyl (C=O) groups is 1. The Hall–Kier alpha value is -0.780. The third kappa shape index (κ3) is 6.11. The number of rotatable bonds is 6. The van der Waals surface area contributed by atoms with Crippen LogP contribution < -0.4 is 15.4 Å². The fourth-order valence-corrected chi connectivity index (χ4v) is 2.45. The maximum atomic E-state index is 11.6. The lowest BCUT2D eigenvalue weighted by Gasteiger charge is -2.11. The Morgan fingerprint density at radius 1 is 1.50 bits per heavy atom. The molecule has 6 heteroatoms. The molecule has 112 valence electrons. The zero-order valence-corrected chi connectivity index (χ0v) is 13.6. The van der Waals surface area contributed by atoms with Gasteiger partial charge in [0.2, 0.25) is 5.91 Å². The van der Waals surface area contributed by atoms with Gasteiger partial charge in [-0.05, 0) is 37.6 Å². The monoisotopic (exact) mass is 362 g/mol. The summed E-state index contributed by atoms with van der Waals surface area (Å²) in [5, 5.41) is 6.28. The second-order valence-corrected chi connectivity index (χ2v) is 5.57. The second kappa shape index (κ2) is 9.21. The van der Waals surface area contributed by atoms with Gasteiger partial charge in [-0.3, -0.25) is 4.79 Å². The van der Waals surface area contributed by atoms with E-state index in [-0.39, 0.29) is 18.3 Å². The van der Waals surface area contributed by atoms with Gasteiger partial charge in [-0.2, -0.15) is 0 Å². The van der Waals surface area contributed by atoms with E-state index in [0.29, 0.717) is 19.1 Å². The molecule has 1 fully saturated rings. The number of ether oxygens (including phenoxy) is 1. The summed E-state index contributed by atoms with van der Waals surface area (Å²) in [7, 11) is 0. The van der Waals surface area contributed by atoms with Gasteiger partial charge >= 0.3 is 0 Å². The minimum Gasteiger partial charge on any atom is -0.493 e. The largest absolute Gasteiger partial charge is 0.493 e. The van der Waals surface area contributed by atoms with Gasteiger partial charge in [-0.15, -0.1) is 12.4 Å². The summed E-state index contributed by atoms with van der Waals surface area (Å²) in [6, 6.07) is 8.06. The maximum Gasteiger partial charge on any atom is 0.223 e. The van der Waals surface area contributed by atoms with Crippen molar-refractivity contribution in [3.05, 3.63) is 28.7 Å². The molecule has 2 N–H and O–H groups in total. The molecule has 20 heavy (non-hydrogen) atoms. The van der Waals surface area contributed by atoms with Crippen LogP contribution in [0.5, 0.6) is 5.75 Å². The van der Waals surface area contributed by atoms with Crippen LogP contribution >= 0.6 is 28.3 Å². The standard InChI is InChI=1S/C14H19BrN2O2.ClH/c15-11-3-1-5-13(9-11)19-8-6-14(18)17-10-12-4-2-7-16-12;/h1,3,5,9,12,16H,2,4,6-8,10H2,(H,17,18);1H. The van der Waals surface area contributed by atoms with E-state index in [1.54, 1.807) is 0 Å². The van der Waals surface area contributed by atoms with E-state index in [9.17, 15) is 4.79 Å². The van der Waals surface area contributed by atoms with Crippen molar-refractivity contribution in [1.29, 1.82) is 0 Å². The topological polar surface area (TPSA) is 50.4 Å². The highest BCUT2D eigenvalue weighted by Gasteiger charge is 2.14. The number of carbonyl (C=O) groups excluding carboxylic acids is 1. The molecule has 1 aromatic rings. The number of halogens is 2. The molecule has 0 bridgehead atoms. The summed E-state index contributed by atoms with van der Waals surface area (Å²) in [5.74, 6) is 0.823. The van der Waals surface area contributed by atoms with Crippen molar-refractivity contribution in [2.75, 3.05) is 19.7 Å². The first-order chi connectivity index (χ1) is 9.24. The molecule has 0 aromatic heterocycles. The lowest BCUT2D eigenvalue weighted by atomic mass is 10.2. The average Bonchev–Trinajstić information content (AvgIpc) is 2.89. The van der Waals surface area contributed by atoms with Gasteiger partial charge in [-0.1, -0.05) is 22.0 Å². The molecule has 1 aliphatic rings. The Labute approximate surface area is 134 Å². The molecular formula is C14H20BrClN2O2. The number of hydrogen-bond acceptors (Lipinski definition) is 3. The zero-order valence-electron chi connectivity index (χ0n) is 11.2. The summed E-state index contributed by atoms with van der Waals surface area (Å²) in [6.45, 7) is 2.18. The van der Waals surface area contributed by atoms with Crippen LogP contribution in [-0.4, -0.2) is 31.6 Å². The molecular weight excluding hydrogens is 344 g/mol. The average molecular weight is 364 g/mol. The Bertz CT molecular complexity index is 425. The first-order valence-corrected chi connectivity index (χ1v) is 7.42. The van der Waals surface area contributed by atoms with Crippen molar-refractivity contribution in [1.82, 2.24) is 10.6 Å². The highest BCUT2D eigenvalue weighted by molar-refractivity contribution is 9.10. The summed E-state index contributed by atoms with van der Waals surface area (Å²) < 4.78 is 6.50. The lowest BCUT2D eigenvalue weighted by molar-refractivity contribution is -0.121. The lowest BCUT2D eigenvalue weighted by Crippen LogP contribution is -2.37. The van der Waals surface area contributed by atoms with Gasteiger partial charge in [0.15, 0.2) is 0 Å². The summed E-state index contributed by atoms with van der Waals surface area (Å²) in [4.78, 5) is 11.6. The van der Waals surface area contributed by atoms with Crippen molar-refractivity contribution in [3.63, 3.8) is 0 Å². The highest BCUT2D eigenvalue weighted by Crippen LogP contribution is 2.17. The third-order valence-corrected chi connectivity index (χ3v) is 3.60. The summed E-state index contributed by atoms with van der Waals surface area (Å²) >= 11 is 3.38. The van der Waals surface area contributed by atoms with Crippen molar-refractivity contribution in [2.24, 2.45) is 0 Å². The van der Waals surface area contributed by atoms with Crippen LogP contribution in [0.4, 0.5) is 0 Å². The van der Waals surface area contributed by atoms with E-state index in [0.717, 1.165) is 29.7 Å². The minimum absolute atomic E-state index is 0. The normalized spacial score (nSPS) is 17.4. The van der Waals surface area contributed by atoms with E-state index < -0.39 is 0 Å². The summed E-state index contributed by atoms with van der Waals surface area (Å²) in [5.41, 5.74) is 0. The van der Waals surface area contributed by atoms with E-state index in [1.807, 2.05) is 24.3 Å². The van der Waals surface area contributed by atoms with E-state index in [1.165, 1.54) is 6.42 Å². The van der Waals surface area contributed by atoms with Crippen molar-refractivity contribution in [3.8, 4) is 5.75 Å². The Morgan fingerprint density at radius 2 is 2.35 bits per heavy atom. The second-order valence-electron chi connectivity index (χ2n) is 4.65. The zero-order chi connectivity index (χ0) is 13.5. The van der Waals surface area contributed by atoms with Gasteiger partial charge in [0.1, 0.15) is 5.75 Å². The number of amides is 1. The molecule has 1 atom stereocenters. The summed E-state index contributed by atoms with van der Waals surface area (Å²) in [6.07, 6.45) is 2.74. The smallest absolute Gasteiger partial charge is 0.223 e. The predicted molar refractivity (Wildman–Crippen MR) is 85.5 cm³/mol. The minimum atomic E-state index is 0. The molecule has 1 aliphatic heterocycles. The van der Waals surface area contributed by atoms with Crippen LogP contribution in [0.15, 0.2) is 28.7 Å². The predicted octanol–water partition coefficient (Wildman–Crippen LogP) is 2.51. The van der Waals surface area contributed by atoms with Crippen LogP contribution in [0.25, 0.3) is 0 Å². The molecule has 1 heterocycles. The Morgan fingerprint density at radius 3 is 3.05 bits per heavy atom. The van der Waals surface area contributed by atoms with E-state index >= 15 is 0 Å². The van der Waals surface area contributed by atoms with Gasteiger partial charge in [0.05, 0.1) is 13.0 Å². The van der Waals surface area contributed by atoms with Crippen molar-refractivity contribution < 1.29 is 9.53 Å². The van der Waals surface area contributed by atoms with Gasteiger partial charge in [0, 0.05) is 17.1 Å². The van der Waals surface area contributed by atoms with E-state index in [2.05, 4.69) is 26.6 Å². The van der Waals surface area contributed by atoms with Gasteiger partial charge in [-0.25, -0.2) is 0 Å². The Balaban J connectivity index is 0.00000200. The van der Waals surface area contributed by atoms with Crippen molar-refractivity contribution >= 4 is 34.2 Å².